The second-order valence-electron chi connectivity index (χ2n) is 9.99. The van der Waals surface area contributed by atoms with Crippen LogP contribution in [0, 0.1) is 0 Å². The number of hydrogen-bond donors (Lipinski definition) is 1. The number of anilines is 1. The Kier molecular flexibility index (Phi) is 8.68. The molecule has 1 aliphatic rings. The number of rotatable bonds is 6. The van der Waals surface area contributed by atoms with Gasteiger partial charge in [0.05, 0.1) is 6.54 Å². The van der Waals surface area contributed by atoms with Crippen LogP contribution in [0.25, 0.3) is 0 Å². The summed E-state index contributed by atoms with van der Waals surface area (Å²) in [6.07, 6.45) is 0. The second kappa shape index (κ2) is 10.4. The monoisotopic (exact) mass is 444 g/mol. The number of benzene rings is 2. The van der Waals surface area contributed by atoms with Crippen LogP contribution in [0.4, 0.5) is 11.4 Å². The van der Waals surface area contributed by atoms with Gasteiger partial charge in [0.15, 0.2) is 6.67 Å². The predicted octanol–water partition coefficient (Wildman–Crippen LogP) is 6.17. The first-order valence-electron chi connectivity index (χ1n) is 11.6. The van der Waals surface area contributed by atoms with Crippen molar-refractivity contribution >= 4 is 11.4 Å². The third-order valence-corrected chi connectivity index (χ3v) is 6.45. The van der Waals surface area contributed by atoms with Crippen LogP contribution in [0.5, 0.6) is 0 Å². The molecule has 0 saturated carbocycles. The summed E-state index contributed by atoms with van der Waals surface area (Å²) in [7, 11) is 0. The van der Waals surface area contributed by atoms with E-state index in [0.29, 0.717) is 23.7 Å². The Bertz CT molecular complexity index is 717. The molecule has 1 unspecified atom stereocenters. The fourth-order valence-corrected chi connectivity index (χ4v) is 4.89. The van der Waals surface area contributed by atoms with E-state index < -0.39 is 0 Å². The fourth-order valence-electron chi connectivity index (χ4n) is 4.89. The van der Waals surface area contributed by atoms with Gasteiger partial charge in [0.25, 0.3) is 0 Å². The van der Waals surface area contributed by atoms with Crippen molar-refractivity contribution in [1.29, 1.82) is 0 Å². The zero-order chi connectivity index (χ0) is 21.3. The molecule has 0 spiro atoms. The molecule has 1 heterocycles. The van der Waals surface area contributed by atoms with Crippen molar-refractivity contribution in [3.8, 4) is 0 Å². The van der Waals surface area contributed by atoms with Crippen LogP contribution in [-0.4, -0.2) is 19.8 Å². The minimum absolute atomic E-state index is 0. The summed E-state index contributed by atoms with van der Waals surface area (Å²) in [4.78, 5) is 4.30. The van der Waals surface area contributed by atoms with E-state index in [0.717, 1.165) is 13.2 Å². The summed E-state index contributed by atoms with van der Waals surface area (Å²) in [5, 5.41) is 0. The standard InChI is InChI=1S/C27H40N2.V/c1-18(2)22-11-9-12-23(19(3)4)26(22)28-15-16-29(17-28)27-24(20(5)6)13-10-14-25(27)21(7)8;/h9-14,18-21H,15-17H2,1-8H3;/p+1. The topological polar surface area (TPSA) is 7.68 Å². The van der Waals surface area contributed by atoms with E-state index >= 15 is 0 Å². The molecule has 163 valence electrons. The minimum Gasteiger partial charge on any atom is -0.319 e. The zero-order valence-corrected chi connectivity index (χ0v) is 21.7. The van der Waals surface area contributed by atoms with Gasteiger partial charge in [-0.25, -0.2) is 0 Å². The molecule has 30 heavy (non-hydrogen) atoms. The Hall–Kier alpha value is -1.22. The molecule has 0 amide bonds. The number of hydrogen-bond acceptors (Lipinski definition) is 1. The Balaban J connectivity index is 0.00000320. The van der Waals surface area contributed by atoms with Gasteiger partial charge in [0, 0.05) is 35.4 Å². The van der Waals surface area contributed by atoms with Crippen molar-refractivity contribution in [2.45, 2.75) is 79.1 Å². The van der Waals surface area contributed by atoms with Gasteiger partial charge in [-0.05, 0) is 34.8 Å². The summed E-state index contributed by atoms with van der Waals surface area (Å²) < 4.78 is 0. The normalized spacial score (nSPS) is 16.8. The van der Waals surface area contributed by atoms with Gasteiger partial charge in [-0.3, -0.25) is 4.90 Å². The molecule has 1 fully saturated rings. The summed E-state index contributed by atoms with van der Waals surface area (Å²) in [6, 6.07) is 13.9. The van der Waals surface area contributed by atoms with Crippen LogP contribution >= 0.6 is 0 Å². The van der Waals surface area contributed by atoms with Gasteiger partial charge in [-0.15, -0.1) is 0 Å². The average molecular weight is 445 g/mol. The quantitative estimate of drug-likeness (QED) is 0.560. The molecule has 2 nitrogen and oxygen atoms in total. The van der Waals surface area contributed by atoms with Crippen molar-refractivity contribution in [3.63, 3.8) is 0 Å². The van der Waals surface area contributed by atoms with Crippen LogP contribution < -0.4 is 9.80 Å². The van der Waals surface area contributed by atoms with Crippen LogP contribution in [0.1, 0.15) is 101 Å². The first kappa shape index (κ1) is 25.0. The largest absolute Gasteiger partial charge is 0.319 e. The van der Waals surface area contributed by atoms with E-state index in [1.807, 2.05) is 0 Å². The molecule has 2 aromatic rings. The smallest absolute Gasteiger partial charge is 0.157 e. The van der Waals surface area contributed by atoms with Crippen LogP contribution in [0.2, 0.25) is 0 Å². The summed E-state index contributed by atoms with van der Waals surface area (Å²) >= 11 is 0. The number of quaternary nitrogens is 1. The third kappa shape index (κ3) is 4.98. The molecule has 0 aliphatic carbocycles. The summed E-state index contributed by atoms with van der Waals surface area (Å²) in [6.45, 7) is 22.0. The first-order valence-corrected chi connectivity index (χ1v) is 11.6. The van der Waals surface area contributed by atoms with Gasteiger partial charge in [0.2, 0.25) is 0 Å². The Morgan fingerprint density at radius 2 is 1.07 bits per heavy atom. The van der Waals surface area contributed by atoms with E-state index in [9.17, 15) is 0 Å². The van der Waals surface area contributed by atoms with E-state index in [1.165, 1.54) is 34.5 Å². The predicted molar refractivity (Wildman–Crippen MR) is 127 cm³/mol. The van der Waals surface area contributed by atoms with Gasteiger partial charge in [0.1, 0.15) is 12.2 Å². The third-order valence-electron chi connectivity index (χ3n) is 6.45. The second-order valence-corrected chi connectivity index (χ2v) is 9.99. The maximum Gasteiger partial charge on any atom is 0.157 e. The van der Waals surface area contributed by atoms with Crippen molar-refractivity contribution in [1.82, 2.24) is 0 Å². The van der Waals surface area contributed by atoms with Gasteiger partial charge in [-0.2, -0.15) is 0 Å². The molecule has 1 radical (unpaired) electrons. The van der Waals surface area contributed by atoms with Crippen LogP contribution in [-0.2, 0) is 18.6 Å². The number of nitrogens with one attached hydrogen (secondary N) is 1. The number of para-hydroxylation sites is 2. The molecule has 1 aliphatic heterocycles. The van der Waals surface area contributed by atoms with Crippen molar-refractivity contribution < 1.29 is 23.5 Å². The molecule has 3 heteroatoms. The van der Waals surface area contributed by atoms with Crippen LogP contribution in [0.15, 0.2) is 36.4 Å². The molecular formula is C27H41N2V+. The molecule has 1 saturated heterocycles. The molecule has 1 N–H and O–H groups in total. The zero-order valence-electron chi connectivity index (χ0n) is 20.3. The van der Waals surface area contributed by atoms with Gasteiger partial charge in [-0.1, -0.05) is 91.8 Å². The van der Waals surface area contributed by atoms with Crippen LogP contribution in [0.3, 0.4) is 0 Å². The SMILES string of the molecule is CC(C)c1cccc(C(C)C)c1N1CC[NH+](c2c(C(C)C)cccc2C(C)C)C1.[V]. The maximum atomic E-state index is 2.67. The molecule has 2 aromatic carbocycles. The molecule has 3 rings (SSSR count). The van der Waals surface area contributed by atoms with E-state index in [-0.39, 0.29) is 18.6 Å². The first-order chi connectivity index (χ1) is 13.7. The molecule has 0 aromatic heterocycles. The van der Waals surface area contributed by atoms with Gasteiger partial charge < -0.3 is 4.90 Å². The molecule has 0 bridgehead atoms. The molecule has 1 atom stereocenters. The maximum absolute atomic E-state index is 2.67. The van der Waals surface area contributed by atoms with Gasteiger partial charge >= 0.3 is 0 Å². The summed E-state index contributed by atoms with van der Waals surface area (Å²) in [5.74, 6) is 2.20. The fraction of sp³-hybridized carbons (Fsp3) is 0.556. The molecular weight excluding hydrogens is 403 g/mol. The van der Waals surface area contributed by atoms with Crippen molar-refractivity contribution in [2.75, 3.05) is 24.7 Å². The van der Waals surface area contributed by atoms with Crippen molar-refractivity contribution in [3.05, 3.63) is 58.7 Å². The Labute approximate surface area is 196 Å². The van der Waals surface area contributed by atoms with E-state index in [2.05, 4.69) is 96.7 Å². The average Bonchev–Trinajstić information content (AvgIpc) is 3.15. The Morgan fingerprint density at radius 3 is 1.47 bits per heavy atom. The van der Waals surface area contributed by atoms with Crippen molar-refractivity contribution in [2.24, 2.45) is 0 Å². The Morgan fingerprint density at radius 1 is 0.667 bits per heavy atom. The van der Waals surface area contributed by atoms with E-state index in [4.69, 9.17) is 0 Å². The van der Waals surface area contributed by atoms with E-state index in [1.54, 1.807) is 10.6 Å². The summed E-state index contributed by atoms with van der Waals surface area (Å²) in [5.41, 5.74) is 9.11. The minimum atomic E-state index is 0. The number of nitrogens with zero attached hydrogens (tertiary/aromatic N) is 1.